The first-order valence-corrected chi connectivity index (χ1v) is 11.0. The Morgan fingerprint density at radius 2 is 1.62 bits per heavy atom. The lowest BCUT2D eigenvalue weighted by molar-refractivity contribution is -0.117. The molecule has 4 rings (SSSR count). The van der Waals surface area contributed by atoms with Crippen LogP contribution in [0.2, 0.25) is 0 Å². The molecule has 0 unspecified atom stereocenters. The largest absolute Gasteiger partial charge is 0.493 e. The first-order valence-electron chi connectivity index (χ1n) is 10.3. The fraction of sp³-hybridized carbons (Fsp3) is 0.478. The molecule has 1 aromatic carbocycles. The summed E-state index contributed by atoms with van der Waals surface area (Å²) in [5.74, 6) is 2.42. The average Bonchev–Trinajstić information content (AvgIpc) is 2.71. The number of Topliss-reactive ketones (excluding diaryl/α,β-unsaturated/α-hetero) is 2. The van der Waals surface area contributed by atoms with E-state index in [1.165, 1.54) is 0 Å². The Labute approximate surface area is 179 Å². The lowest BCUT2D eigenvalue weighted by Gasteiger charge is -2.36. The molecule has 5 nitrogen and oxygen atoms in total. The second-order valence-electron chi connectivity index (χ2n) is 7.64. The third kappa shape index (κ3) is 3.63. The first kappa shape index (κ1) is 20.2. The average molecular weight is 461 g/mol. The quantitative estimate of drug-likeness (QED) is 0.590. The van der Waals surface area contributed by atoms with Gasteiger partial charge in [-0.2, -0.15) is 0 Å². The number of methoxy groups -OCH3 is 1. The van der Waals surface area contributed by atoms with Crippen LogP contribution in [0, 0.1) is 0 Å². The van der Waals surface area contributed by atoms with Gasteiger partial charge in [-0.25, -0.2) is 0 Å². The maximum Gasteiger partial charge on any atom is 0.163 e. The van der Waals surface area contributed by atoms with Gasteiger partial charge in [0.05, 0.1) is 13.7 Å². The van der Waals surface area contributed by atoms with Crippen molar-refractivity contribution in [2.24, 2.45) is 0 Å². The SMILES string of the molecule is CCCOc1cc(Br)c(C2C3=C(CCCC3=O)OC3=C2C(=O)CCC3)cc1OC. The Hall–Kier alpha value is -2.08. The molecule has 0 bridgehead atoms. The molecule has 1 heterocycles. The summed E-state index contributed by atoms with van der Waals surface area (Å²) < 4.78 is 18.3. The maximum atomic E-state index is 12.9. The van der Waals surface area contributed by atoms with Crippen molar-refractivity contribution in [3.8, 4) is 11.5 Å². The number of hydrogen-bond donors (Lipinski definition) is 0. The minimum absolute atomic E-state index is 0.0679. The van der Waals surface area contributed by atoms with E-state index in [-0.39, 0.29) is 11.6 Å². The smallest absolute Gasteiger partial charge is 0.163 e. The van der Waals surface area contributed by atoms with Crippen LogP contribution in [0.3, 0.4) is 0 Å². The molecule has 2 aliphatic carbocycles. The highest BCUT2D eigenvalue weighted by atomic mass is 79.9. The third-order valence-electron chi connectivity index (χ3n) is 5.70. The molecule has 0 aromatic heterocycles. The molecule has 0 saturated carbocycles. The molecule has 0 fully saturated rings. The minimum atomic E-state index is -0.419. The number of rotatable bonds is 5. The number of ether oxygens (including phenoxy) is 3. The molecule has 0 saturated heterocycles. The monoisotopic (exact) mass is 460 g/mol. The summed E-state index contributed by atoms with van der Waals surface area (Å²) in [5.41, 5.74) is 2.12. The Bertz CT molecular complexity index is 885. The molecular weight excluding hydrogens is 436 g/mol. The highest BCUT2D eigenvalue weighted by Crippen LogP contribution is 2.50. The minimum Gasteiger partial charge on any atom is -0.493 e. The Morgan fingerprint density at radius 3 is 2.17 bits per heavy atom. The van der Waals surface area contributed by atoms with Crippen molar-refractivity contribution < 1.29 is 23.8 Å². The highest BCUT2D eigenvalue weighted by Gasteiger charge is 2.42. The standard InChI is InChI=1S/C23H25BrO5/c1-3-10-28-20-12-14(24)13(11-19(20)27-2)21-22-15(25)6-4-8-17(22)29-18-9-5-7-16(26)23(18)21/h11-12,21H,3-10H2,1-2H3. The van der Waals surface area contributed by atoms with Gasteiger partial charge in [0.25, 0.3) is 0 Å². The number of allylic oxidation sites excluding steroid dienone is 4. The van der Waals surface area contributed by atoms with E-state index >= 15 is 0 Å². The maximum absolute atomic E-state index is 12.9. The van der Waals surface area contributed by atoms with Crippen molar-refractivity contribution in [3.05, 3.63) is 44.8 Å². The molecule has 3 aliphatic rings. The normalized spacial score (nSPS) is 19.7. The van der Waals surface area contributed by atoms with Crippen LogP contribution in [0.4, 0.5) is 0 Å². The van der Waals surface area contributed by atoms with Gasteiger partial charge in [0.1, 0.15) is 11.5 Å². The second kappa shape index (κ2) is 8.34. The van der Waals surface area contributed by atoms with Crippen molar-refractivity contribution >= 4 is 27.5 Å². The highest BCUT2D eigenvalue weighted by molar-refractivity contribution is 9.10. The van der Waals surface area contributed by atoms with Crippen LogP contribution in [-0.4, -0.2) is 25.3 Å². The number of hydrogen-bond acceptors (Lipinski definition) is 5. The molecular formula is C23H25BrO5. The Balaban J connectivity index is 1.88. The Kier molecular flexibility index (Phi) is 5.81. The number of ketones is 2. The topological polar surface area (TPSA) is 61.8 Å². The number of halogens is 1. The second-order valence-corrected chi connectivity index (χ2v) is 8.49. The van der Waals surface area contributed by atoms with Gasteiger partial charge >= 0.3 is 0 Å². The van der Waals surface area contributed by atoms with Crippen LogP contribution in [-0.2, 0) is 14.3 Å². The van der Waals surface area contributed by atoms with Crippen molar-refractivity contribution in [1.29, 1.82) is 0 Å². The van der Waals surface area contributed by atoms with E-state index in [4.69, 9.17) is 14.2 Å². The summed E-state index contributed by atoms with van der Waals surface area (Å²) in [5, 5.41) is 0. The van der Waals surface area contributed by atoms with Crippen LogP contribution >= 0.6 is 15.9 Å². The van der Waals surface area contributed by atoms with Gasteiger partial charge in [0.15, 0.2) is 23.1 Å². The Morgan fingerprint density at radius 1 is 1.00 bits per heavy atom. The van der Waals surface area contributed by atoms with Gasteiger partial charge in [0.2, 0.25) is 0 Å². The van der Waals surface area contributed by atoms with Gasteiger partial charge in [0, 0.05) is 47.2 Å². The van der Waals surface area contributed by atoms with E-state index < -0.39 is 5.92 Å². The molecule has 154 valence electrons. The van der Waals surface area contributed by atoms with Crippen LogP contribution in [0.25, 0.3) is 0 Å². The lowest BCUT2D eigenvalue weighted by atomic mass is 9.73. The number of carbonyl (C=O) groups is 2. The zero-order valence-electron chi connectivity index (χ0n) is 16.8. The van der Waals surface area contributed by atoms with Gasteiger partial charge in [-0.15, -0.1) is 0 Å². The van der Waals surface area contributed by atoms with E-state index in [9.17, 15) is 9.59 Å². The fourth-order valence-electron chi connectivity index (χ4n) is 4.39. The van der Waals surface area contributed by atoms with Gasteiger partial charge in [-0.3, -0.25) is 9.59 Å². The molecule has 1 aromatic rings. The van der Waals surface area contributed by atoms with Crippen molar-refractivity contribution in [3.63, 3.8) is 0 Å². The fourth-order valence-corrected chi connectivity index (χ4v) is 4.94. The molecule has 0 amide bonds. The summed E-state index contributed by atoms with van der Waals surface area (Å²) in [7, 11) is 1.60. The molecule has 29 heavy (non-hydrogen) atoms. The third-order valence-corrected chi connectivity index (χ3v) is 6.38. The predicted octanol–water partition coefficient (Wildman–Crippen LogP) is 5.37. The first-order chi connectivity index (χ1) is 14.0. The van der Waals surface area contributed by atoms with Crippen molar-refractivity contribution in [1.82, 2.24) is 0 Å². The molecule has 1 aliphatic heterocycles. The summed E-state index contributed by atoms with van der Waals surface area (Å²) >= 11 is 3.67. The van der Waals surface area contributed by atoms with Crippen LogP contribution < -0.4 is 9.47 Å². The van der Waals surface area contributed by atoms with Crippen LogP contribution in [0.1, 0.15) is 63.4 Å². The summed E-state index contributed by atoms with van der Waals surface area (Å²) in [6.45, 7) is 2.63. The van der Waals surface area contributed by atoms with E-state index in [1.807, 2.05) is 19.1 Å². The van der Waals surface area contributed by atoms with Crippen molar-refractivity contribution in [2.45, 2.75) is 57.8 Å². The summed E-state index contributed by atoms with van der Waals surface area (Å²) in [6, 6.07) is 3.77. The molecule has 0 atom stereocenters. The zero-order valence-corrected chi connectivity index (χ0v) is 18.4. The van der Waals surface area contributed by atoms with Crippen LogP contribution in [0.5, 0.6) is 11.5 Å². The van der Waals surface area contributed by atoms with Gasteiger partial charge in [-0.05, 0) is 37.0 Å². The van der Waals surface area contributed by atoms with Crippen LogP contribution in [0.15, 0.2) is 39.3 Å². The van der Waals surface area contributed by atoms with Gasteiger partial charge in [-0.1, -0.05) is 22.9 Å². The van der Waals surface area contributed by atoms with Crippen molar-refractivity contribution in [2.75, 3.05) is 13.7 Å². The molecule has 0 radical (unpaired) electrons. The van der Waals surface area contributed by atoms with E-state index in [0.717, 1.165) is 53.7 Å². The van der Waals surface area contributed by atoms with E-state index in [0.29, 0.717) is 42.1 Å². The lowest BCUT2D eigenvalue weighted by Crippen LogP contribution is -2.30. The molecule has 0 N–H and O–H groups in total. The predicted molar refractivity (Wildman–Crippen MR) is 112 cm³/mol. The zero-order chi connectivity index (χ0) is 20.5. The van der Waals surface area contributed by atoms with Gasteiger partial charge < -0.3 is 14.2 Å². The summed E-state index contributed by atoms with van der Waals surface area (Å²) in [6.07, 6.45) is 4.90. The van der Waals surface area contributed by atoms with E-state index in [1.54, 1.807) is 7.11 Å². The summed E-state index contributed by atoms with van der Waals surface area (Å²) in [4.78, 5) is 25.8. The molecule has 0 spiro atoms. The van der Waals surface area contributed by atoms with E-state index in [2.05, 4.69) is 15.9 Å². The molecule has 6 heteroatoms. The number of carbonyl (C=O) groups excluding carboxylic acids is 2. The number of benzene rings is 1.